The molecule has 1 aliphatic heterocycles. The molecule has 0 unspecified atom stereocenters. The summed E-state index contributed by atoms with van der Waals surface area (Å²) in [5.74, 6) is -0.940. The van der Waals surface area contributed by atoms with Gasteiger partial charge in [0.25, 0.3) is 0 Å². The molecule has 2 rings (SSSR count). The van der Waals surface area contributed by atoms with Crippen LogP contribution in [0.4, 0.5) is 5.69 Å². The lowest BCUT2D eigenvalue weighted by Crippen LogP contribution is -2.31. The lowest BCUT2D eigenvalue weighted by Gasteiger charge is -2.23. The molecule has 0 saturated carbocycles. The van der Waals surface area contributed by atoms with E-state index in [1.165, 1.54) is 5.01 Å². The highest BCUT2D eigenvalue weighted by Gasteiger charge is 2.21. The highest BCUT2D eigenvalue weighted by atomic mass is 16.4. The highest BCUT2D eigenvalue weighted by molar-refractivity contribution is 6.02. The molecular formula is C12H13N3O3. The molecule has 0 saturated heterocycles. The van der Waals surface area contributed by atoms with E-state index in [4.69, 9.17) is 5.11 Å². The van der Waals surface area contributed by atoms with Gasteiger partial charge in [0, 0.05) is 24.5 Å². The Balaban J connectivity index is 2.15. The molecule has 1 aromatic heterocycles. The third-order valence-corrected chi connectivity index (χ3v) is 2.64. The molecule has 18 heavy (non-hydrogen) atoms. The molecule has 0 atom stereocenters. The Hall–Kier alpha value is -2.24. The minimum Gasteiger partial charge on any atom is -0.481 e. The summed E-state index contributed by atoms with van der Waals surface area (Å²) in [6.07, 6.45) is 4.49. The molecule has 0 bridgehead atoms. The van der Waals surface area contributed by atoms with Crippen molar-refractivity contribution < 1.29 is 14.7 Å². The van der Waals surface area contributed by atoms with E-state index in [1.54, 1.807) is 24.5 Å². The van der Waals surface area contributed by atoms with Gasteiger partial charge in [-0.15, -0.1) is 0 Å². The summed E-state index contributed by atoms with van der Waals surface area (Å²) >= 11 is 0. The Morgan fingerprint density at radius 2 is 2.06 bits per heavy atom. The fourth-order valence-corrected chi connectivity index (χ4v) is 1.72. The topological polar surface area (TPSA) is 82.9 Å². The predicted molar refractivity (Wildman–Crippen MR) is 65.3 cm³/mol. The monoisotopic (exact) mass is 247 g/mol. The van der Waals surface area contributed by atoms with Crippen molar-refractivity contribution in [3.8, 4) is 0 Å². The van der Waals surface area contributed by atoms with Gasteiger partial charge in [0.05, 0.1) is 12.1 Å². The molecule has 0 fully saturated rings. The average molecular weight is 247 g/mol. The molecule has 0 spiro atoms. The molecule has 0 aliphatic carbocycles. The summed E-state index contributed by atoms with van der Waals surface area (Å²) < 4.78 is 0. The van der Waals surface area contributed by atoms with Crippen molar-refractivity contribution in [3.63, 3.8) is 0 Å². The third-order valence-electron chi connectivity index (χ3n) is 2.64. The highest BCUT2D eigenvalue weighted by Crippen LogP contribution is 2.20. The van der Waals surface area contributed by atoms with Crippen LogP contribution in [0.15, 0.2) is 29.6 Å². The van der Waals surface area contributed by atoms with Gasteiger partial charge in [0.2, 0.25) is 5.91 Å². The molecule has 1 aliphatic rings. The number of aliphatic carboxylic acids is 1. The van der Waals surface area contributed by atoms with Gasteiger partial charge in [-0.2, -0.15) is 5.10 Å². The molecule has 94 valence electrons. The molecule has 1 aromatic rings. The van der Waals surface area contributed by atoms with Crippen LogP contribution >= 0.6 is 0 Å². The minimum atomic E-state index is -0.856. The summed E-state index contributed by atoms with van der Waals surface area (Å²) in [5, 5.41) is 14.2. The summed E-state index contributed by atoms with van der Waals surface area (Å²) in [4.78, 5) is 26.2. The van der Waals surface area contributed by atoms with E-state index in [2.05, 4.69) is 10.1 Å². The minimum absolute atomic E-state index is 0.0389. The van der Waals surface area contributed by atoms with Crippen molar-refractivity contribution in [1.29, 1.82) is 0 Å². The maximum Gasteiger partial charge on any atom is 0.303 e. The first-order valence-corrected chi connectivity index (χ1v) is 5.68. The number of carbonyl (C=O) groups is 2. The fraction of sp³-hybridized carbons (Fsp3) is 0.333. The van der Waals surface area contributed by atoms with Crippen LogP contribution < -0.4 is 5.01 Å². The van der Waals surface area contributed by atoms with Crippen LogP contribution in [-0.2, 0) is 9.59 Å². The quantitative estimate of drug-likeness (QED) is 0.872. The Morgan fingerprint density at radius 3 is 2.72 bits per heavy atom. The van der Waals surface area contributed by atoms with Gasteiger partial charge in [-0.25, -0.2) is 5.01 Å². The van der Waals surface area contributed by atoms with Crippen LogP contribution in [0.3, 0.4) is 0 Å². The van der Waals surface area contributed by atoms with E-state index in [0.717, 1.165) is 5.71 Å². The molecule has 0 aromatic carbocycles. The van der Waals surface area contributed by atoms with E-state index < -0.39 is 5.97 Å². The first-order chi connectivity index (χ1) is 8.66. The lowest BCUT2D eigenvalue weighted by molar-refractivity contribution is -0.136. The standard InChI is InChI=1S/C12H13N3O3/c16-11-3-1-9(2-4-12(17)18)14-15(11)10-5-7-13-8-6-10/h5-8H,1-4H2,(H,17,18). The summed E-state index contributed by atoms with van der Waals surface area (Å²) in [7, 11) is 0. The number of hydrogen-bond donors (Lipinski definition) is 1. The number of aromatic nitrogens is 1. The van der Waals surface area contributed by atoms with Crippen LogP contribution in [0.25, 0.3) is 0 Å². The summed E-state index contributed by atoms with van der Waals surface area (Å²) in [5.41, 5.74) is 1.40. The second kappa shape index (κ2) is 5.39. The van der Waals surface area contributed by atoms with Crippen molar-refractivity contribution in [1.82, 2.24) is 4.98 Å². The molecule has 0 radical (unpaired) electrons. The molecule has 2 heterocycles. The maximum atomic E-state index is 11.8. The van der Waals surface area contributed by atoms with Crippen molar-refractivity contribution in [2.24, 2.45) is 5.10 Å². The number of carboxylic acid groups (broad SMARTS) is 1. The summed E-state index contributed by atoms with van der Waals surface area (Å²) in [6, 6.07) is 3.39. The second-order valence-corrected chi connectivity index (χ2v) is 3.97. The number of anilines is 1. The van der Waals surface area contributed by atoms with Crippen molar-refractivity contribution in [2.45, 2.75) is 25.7 Å². The van der Waals surface area contributed by atoms with Crippen LogP contribution in [0, 0.1) is 0 Å². The van der Waals surface area contributed by atoms with E-state index in [0.29, 0.717) is 24.9 Å². The fourth-order valence-electron chi connectivity index (χ4n) is 1.72. The zero-order valence-electron chi connectivity index (χ0n) is 9.74. The number of pyridine rings is 1. The van der Waals surface area contributed by atoms with E-state index >= 15 is 0 Å². The molecular weight excluding hydrogens is 234 g/mol. The number of hydrogen-bond acceptors (Lipinski definition) is 4. The second-order valence-electron chi connectivity index (χ2n) is 3.97. The Morgan fingerprint density at radius 1 is 1.33 bits per heavy atom. The molecule has 1 N–H and O–H groups in total. The van der Waals surface area contributed by atoms with Gasteiger partial charge in [-0.3, -0.25) is 14.6 Å². The zero-order valence-corrected chi connectivity index (χ0v) is 9.74. The third kappa shape index (κ3) is 2.91. The first-order valence-electron chi connectivity index (χ1n) is 5.68. The Kier molecular flexibility index (Phi) is 3.66. The van der Waals surface area contributed by atoms with E-state index in [-0.39, 0.29) is 12.3 Å². The van der Waals surface area contributed by atoms with Crippen LogP contribution in [0.5, 0.6) is 0 Å². The van der Waals surface area contributed by atoms with Crippen molar-refractivity contribution in [2.75, 3.05) is 5.01 Å². The smallest absolute Gasteiger partial charge is 0.303 e. The van der Waals surface area contributed by atoms with Crippen LogP contribution in [0.2, 0.25) is 0 Å². The SMILES string of the molecule is O=C(O)CCC1=NN(c2ccncc2)C(=O)CC1. The van der Waals surface area contributed by atoms with Gasteiger partial charge in [-0.1, -0.05) is 0 Å². The number of amides is 1. The zero-order chi connectivity index (χ0) is 13.0. The Bertz CT molecular complexity index is 485. The number of carboxylic acids is 1. The van der Waals surface area contributed by atoms with Crippen LogP contribution in [-0.4, -0.2) is 27.7 Å². The number of nitrogens with zero attached hydrogens (tertiary/aromatic N) is 3. The summed E-state index contributed by atoms with van der Waals surface area (Å²) in [6.45, 7) is 0. The molecule has 1 amide bonds. The van der Waals surface area contributed by atoms with Crippen LogP contribution in [0.1, 0.15) is 25.7 Å². The van der Waals surface area contributed by atoms with Gasteiger partial charge in [0.1, 0.15) is 0 Å². The first kappa shape index (κ1) is 12.2. The van der Waals surface area contributed by atoms with Gasteiger partial charge < -0.3 is 5.11 Å². The van der Waals surface area contributed by atoms with Gasteiger partial charge in [0.15, 0.2) is 0 Å². The van der Waals surface area contributed by atoms with Gasteiger partial charge in [-0.05, 0) is 25.0 Å². The van der Waals surface area contributed by atoms with E-state index in [9.17, 15) is 9.59 Å². The number of hydrazone groups is 1. The normalized spacial score (nSPS) is 15.4. The number of carbonyl (C=O) groups excluding carboxylic acids is 1. The Labute approximate surface area is 104 Å². The number of rotatable bonds is 4. The maximum absolute atomic E-state index is 11.8. The average Bonchev–Trinajstić information content (AvgIpc) is 2.38. The van der Waals surface area contributed by atoms with Crippen molar-refractivity contribution in [3.05, 3.63) is 24.5 Å². The lowest BCUT2D eigenvalue weighted by atomic mass is 10.1. The predicted octanol–water partition coefficient (Wildman–Crippen LogP) is 1.43. The molecule has 6 nitrogen and oxygen atoms in total. The van der Waals surface area contributed by atoms with Crippen molar-refractivity contribution >= 4 is 23.3 Å². The molecule has 6 heteroatoms. The van der Waals surface area contributed by atoms with Gasteiger partial charge >= 0.3 is 5.97 Å². The van der Waals surface area contributed by atoms with E-state index in [1.807, 2.05) is 0 Å². The largest absolute Gasteiger partial charge is 0.481 e.